The smallest absolute Gasteiger partial charge is 0.335 e. The summed E-state index contributed by atoms with van der Waals surface area (Å²) < 4.78 is 0. The van der Waals surface area contributed by atoms with Crippen molar-refractivity contribution < 1.29 is 19.5 Å². The van der Waals surface area contributed by atoms with Gasteiger partial charge in [0.25, 0.3) is 11.1 Å². The highest BCUT2D eigenvalue weighted by atomic mass is 32.2. The Morgan fingerprint density at radius 2 is 1.79 bits per heavy atom. The van der Waals surface area contributed by atoms with Gasteiger partial charge in [-0.1, -0.05) is 42.5 Å². The lowest BCUT2D eigenvalue weighted by atomic mass is 10.1. The summed E-state index contributed by atoms with van der Waals surface area (Å²) in [7, 11) is 0. The summed E-state index contributed by atoms with van der Waals surface area (Å²) in [6, 6.07) is 19.8. The number of nitrogens with zero attached hydrogens (tertiary/aromatic N) is 1. The lowest BCUT2D eigenvalue weighted by Crippen LogP contribution is -2.27. The SMILES string of the molecule is O=C(O)c1cccc(-c2ccc(/C=C3\SC(=O)N(Cc4ccccc4)C3=O)s2)c1. The number of imide groups is 1. The van der Waals surface area contributed by atoms with E-state index in [-0.39, 0.29) is 23.3 Å². The molecular formula is C22H15NO4S2. The van der Waals surface area contributed by atoms with Crippen LogP contribution in [0.1, 0.15) is 20.8 Å². The molecule has 0 bridgehead atoms. The van der Waals surface area contributed by atoms with E-state index in [1.54, 1.807) is 24.3 Å². The normalized spacial score (nSPS) is 15.3. The highest BCUT2D eigenvalue weighted by molar-refractivity contribution is 8.18. The molecule has 1 fully saturated rings. The van der Waals surface area contributed by atoms with Crippen molar-refractivity contribution in [2.45, 2.75) is 6.54 Å². The second-order valence-electron chi connectivity index (χ2n) is 6.34. The average molecular weight is 421 g/mol. The van der Waals surface area contributed by atoms with Crippen molar-refractivity contribution in [3.63, 3.8) is 0 Å². The molecule has 1 N–H and O–H groups in total. The second-order valence-corrected chi connectivity index (χ2v) is 8.45. The number of rotatable bonds is 5. The molecule has 1 saturated heterocycles. The van der Waals surface area contributed by atoms with Gasteiger partial charge in [-0.3, -0.25) is 14.5 Å². The lowest BCUT2D eigenvalue weighted by molar-refractivity contribution is -0.123. The van der Waals surface area contributed by atoms with Gasteiger partial charge >= 0.3 is 5.97 Å². The molecule has 2 aromatic carbocycles. The molecule has 3 aromatic rings. The van der Waals surface area contributed by atoms with Gasteiger partial charge in [-0.05, 0) is 53.2 Å². The van der Waals surface area contributed by atoms with Crippen molar-refractivity contribution in [1.29, 1.82) is 0 Å². The van der Waals surface area contributed by atoms with Crippen LogP contribution in [0.2, 0.25) is 0 Å². The molecule has 0 unspecified atom stereocenters. The summed E-state index contributed by atoms with van der Waals surface area (Å²) in [6.45, 7) is 0.251. The van der Waals surface area contributed by atoms with Gasteiger partial charge in [0.15, 0.2) is 0 Å². The highest BCUT2D eigenvalue weighted by Gasteiger charge is 2.35. The molecule has 1 aliphatic heterocycles. The maximum absolute atomic E-state index is 12.7. The number of benzene rings is 2. The summed E-state index contributed by atoms with van der Waals surface area (Å²) in [6.07, 6.45) is 1.71. The Kier molecular flexibility index (Phi) is 5.33. The van der Waals surface area contributed by atoms with Crippen LogP contribution < -0.4 is 0 Å². The first kappa shape index (κ1) is 19.2. The van der Waals surface area contributed by atoms with Crippen molar-refractivity contribution in [2.24, 2.45) is 0 Å². The third-order valence-corrected chi connectivity index (χ3v) is 6.34. The van der Waals surface area contributed by atoms with Crippen LogP contribution in [0, 0.1) is 0 Å². The fourth-order valence-corrected chi connectivity index (χ4v) is 4.77. The number of carboxylic acid groups (broad SMARTS) is 1. The molecule has 0 atom stereocenters. The van der Waals surface area contributed by atoms with Gasteiger partial charge in [-0.2, -0.15) is 0 Å². The van der Waals surface area contributed by atoms with Crippen LogP contribution in [0.3, 0.4) is 0 Å². The van der Waals surface area contributed by atoms with Crippen LogP contribution in [0.4, 0.5) is 4.79 Å². The number of aromatic carboxylic acids is 1. The third-order valence-electron chi connectivity index (χ3n) is 4.35. The predicted octanol–water partition coefficient (Wildman–Crippen LogP) is 5.35. The maximum Gasteiger partial charge on any atom is 0.335 e. The van der Waals surface area contributed by atoms with Crippen LogP contribution in [0.25, 0.3) is 16.5 Å². The summed E-state index contributed by atoms with van der Waals surface area (Å²) >= 11 is 2.37. The van der Waals surface area contributed by atoms with Gasteiger partial charge in [-0.15, -0.1) is 11.3 Å². The Labute approximate surface area is 175 Å². The molecule has 7 heteroatoms. The average Bonchev–Trinajstić information content (AvgIpc) is 3.29. The molecule has 5 nitrogen and oxygen atoms in total. The van der Waals surface area contributed by atoms with Crippen LogP contribution in [-0.2, 0) is 11.3 Å². The number of hydrogen-bond acceptors (Lipinski definition) is 5. The largest absolute Gasteiger partial charge is 0.478 e. The lowest BCUT2D eigenvalue weighted by Gasteiger charge is -2.11. The molecule has 4 rings (SSSR count). The minimum absolute atomic E-state index is 0.222. The standard InChI is InChI=1S/C22H15NO4S2/c24-20-19(29-22(27)23(20)13-14-5-2-1-3-6-14)12-17-9-10-18(28-17)15-7-4-8-16(11-15)21(25)26/h1-12H,13H2,(H,25,26)/b19-12-. The number of carboxylic acids is 1. The topological polar surface area (TPSA) is 74.7 Å². The van der Waals surface area contributed by atoms with Crippen molar-refractivity contribution in [2.75, 3.05) is 0 Å². The Balaban J connectivity index is 1.55. The second kappa shape index (κ2) is 8.06. The molecule has 0 spiro atoms. The zero-order valence-electron chi connectivity index (χ0n) is 15.1. The number of carbonyl (C=O) groups is 3. The van der Waals surface area contributed by atoms with Gasteiger partial charge in [-0.25, -0.2) is 4.79 Å². The molecule has 0 saturated carbocycles. The van der Waals surface area contributed by atoms with Crippen molar-refractivity contribution in [1.82, 2.24) is 4.90 Å². The first-order valence-electron chi connectivity index (χ1n) is 8.74. The van der Waals surface area contributed by atoms with Gasteiger partial charge in [0.05, 0.1) is 17.0 Å². The molecule has 1 aromatic heterocycles. The minimum atomic E-state index is -0.976. The van der Waals surface area contributed by atoms with Gasteiger partial charge in [0, 0.05) is 9.75 Å². The molecule has 2 heterocycles. The first-order chi connectivity index (χ1) is 14.0. The van der Waals surface area contributed by atoms with E-state index in [2.05, 4.69) is 0 Å². The Morgan fingerprint density at radius 3 is 2.55 bits per heavy atom. The van der Waals surface area contributed by atoms with Crippen LogP contribution in [-0.4, -0.2) is 27.1 Å². The highest BCUT2D eigenvalue weighted by Crippen LogP contribution is 2.36. The quantitative estimate of drug-likeness (QED) is 0.562. The molecule has 2 amide bonds. The Bertz CT molecular complexity index is 1130. The summed E-state index contributed by atoms with van der Waals surface area (Å²) in [4.78, 5) is 39.5. The van der Waals surface area contributed by atoms with Crippen LogP contribution in [0.5, 0.6) is 0 Å². The number of thiophene rings is 1. The zero-order chi connectivity index (χ0) is 20.4. The van der Waals surface area contributed by atoms with Crippen LogP contribution >= 0.6 is 23.1 Å². The Hall–Kier alpha value is -3.16. The van der Waals surface area contributed by atoms with E-state index in [4.69, 9.17) is 5.11 Å². The first-order valence-corrected chi connectivity index (χ1v) is 10.4. The van der Waals surface area contributed by atoms with Gasteiger partial charge in [0.1, 0.15) is 0 Å². The summed E-state index contributed by atoms with van der Waals surface area (Å²) in [5.74, 6) is -1.28. The summed E-state index contributed by atoms with van der Waals surface area (Å²) in [5, 5.41) is 8.87. The van der Waals surface area contributed by atoms with Gasteiger partial charge < -0.3 is 5.11 Å². The summed E-state index contributed by atoms with van der Waals surface area (Å²) in [5.41, 5.74) is 1.92. The Morgan fingerprint density at radius 1 is 1.00 bits per heavy atom. The molecule has 144 valence electrons. The molecule has 0 aliphatic carbocycles. The van der Waals surface area contributed by atoms with Crippen molar-refractivity contribution >= 4 is 46.3 Å². The molecule has 29 heavy (non-hydrogen) atoms. The number of hydrogen-bond donors (Lipinski definition) is 1. The minimum Gasteiger partial charge on any atom is -0.478 e. The number of carbonyl (C=O) groups excluding carboxylic acids is 2. The zero-order valence-corrected chi connectivity index (χ0v) is 16.7. The monoisotopic (exact) mass is 421 g/mol. The van der Waals surface area contributed by atoms with E-state index in [1.807, 2.05) is 48.5 Å². The van der Waals surface area contributed by atoms with E-state index in [0.29, 0.717) is 4.91 Å². The number of amides is 2. The van der Waals surface area contributed by atoms with Crippen LogP contribution in [0.15, 0.2) is 71.6 Å². The van der Waals surface area contributed by atoms with E-state index in [1.165, 1.54) is 16.2 Å². The van der Waals surface area contributed by atoms with E-state index >= 15 is 0 Å². The molecule has 1 aliphatic rings. The predicted molar refractivity (Wildman–Crippen MR) is 115 cm³/mol. The van der Waals surface area contributed by atoms with Crippen molar-refractivity contribution in [3.05, 3.63) is 87.6 Å². The third kappa shape index (κ3) is 4.16. The van der Waals surface area contributed by atoms with E-state index < -0.39 is 5.97 Å². The fourth-order valence-electron chi connectivity index (χ4n) is 2.92. The fraction of sp³-hybridized carbons (Fsp3) is 0.0455. The van der Waals surface area contributed by atoms with E-state index in [0.717, 1.165) is 32.6 Å². The number of thioether (sulfide) groups is 1. The van der Waals surface area contributed by atoms with E-state index in [9.17, 15) is 14.4 Å². The van der Waals surface area contributed by atoms with Gasteiger partial charge in [0.2, 0.25) is 0 Å². The molecular weight excluding hydrogens is 406 g/mol. The van der Waals surface area contributed by atoms with Crippen molar-refractivity contribution in [3.8, 4) is 10.4 Å². The molecule has 0 radical (unpaired) electrons. The maximum atomic E-state index is 12.7.